The number of likely N-dealkylation sites (N-methyl/N-ethyl adjacent to an activating group) is 2. The lowest BCUT2D eigenvalue weighted by Gasteiger charge is -2.53. The van der Waals surface area contributed by atoms with Gasteiger partial charge in [-0.2, -0.15) is 0 Å². The molecule has 0 aromatic heterocycles. The molecule has 8 heteroatoms. The Labute approximate surface area is 217 Å². The number of likely N-dealkylation sites (tertiary alicyclic amines) is 1. The monoisotopic (exact) mass is 502 g/mol. The predicted molar refractivity (Wildman–Crippen MR) is 142 cm³/mol. The second-order valence-corrected chi connectivity index (χ2v) is 9.77. The first-order chi connectivity index (χ1) is 17.2. The molecular formula is C28H46N4O4. The molecule has 8 nitrogen and oxygen atoms in total. The van der Waals surface area contributed by atoms with E-state index in [0.29, 0.717) is 25.9 Å². The molecular weight excluding hydrogens is 456 g/mol. The van der Waals surface area contributed by atoms with Crippen LogP contribution in [0.1, 0.15) is 77.5 Å². The molecule has 0 spiro atoms. The Balaban J connectivity index is 2.14. The van der Waals surface area contributed by atoms with Crippen LogP contribution in [0.15, 0.2) is 24.3 Å². The van der Waals surface area contributed by atoms with Gasteiger partial charge in [-0.05, 0) is 52.3 Å². The minimum atomic E-state index is -0.790. The van der Waals surface area contributed by atoms with Crippen molar-refractivity contribution in [1.29, 1.82) is 0 Å². The summed E-state index contributed by atoms with van der Waals surface area (Å²) in [4.78, 5) is 44.6. The maximum atomic E-state index is 13.3. The van der Waals surface area contributed by atoms with E-state index in [2.05, 4.69) is 24.1 Å². The fraction of sp³-hybridized carbons (Fsp3) is 0.679. The average molecular weight is 503 g/mol. The third kappa shape index (κ3) is 6.65. The smallest absolute Gasteiger partial charge is 0.326 e. The highest BCUT2D eigenvalue weighted by atomic mass is 16.5. The zero-order chi connectivity index (χ0) is 26.9. The molecule has 2 rings (SSSR count). The molecule has 0 saturated carbocycles. The zero-order valence-corrected chi connectivity index (χ0v) is 23.3. The van der Waals surface area contributed by atoms with E-state index in [0.717, 1.165) is 37.1 Å². The SMILES string of the molecule is CCCC(NC(=O)N1C(=O)C(CC)(CC)C1OCC(=O)N(CC)CCN(C)CC)c1ccc(C)cc1. The number of ether oxygens (including phenoxy) is 1. The van der Waals surface area contributed by atoms with Gasteiger partial charge in [-0.3, -0.25) is 9.59 Å². The Morgan fingerprint density at radius 2 is 1.69 bits per heavy atom. The van der Waals surface area contributed by atoms with Crippen LogP contribution in [0.4, 0.5) is 4.79 Å². The molecule has 0 bridgehead atoms. The number of urea groups is 1. The number of carbonyl (C=O) groups excluding carboxylic acids is 3. The molecule has 1 aliphatic rings. The van der Waals surface area contributed by atoms with Crippen molar-refractivity contribution in [3.63, 3.8) is 0 Å². The van der Waals surface area contributed by atoms with E-state index in [1.807, 2.05) is 59.0 Å². The Morgan fingerprint density at radius 3 is 2.22 bits per heavy atom. The van der Waals surface area contributed by atoms with Crippen molar-refractivity contribution in [3.05, 3.63) is 35.4 Å². The van der Waals surface area contributed by atoms with Crippen LogP contribution in [0.5, 0.6) is 0 Å². The minimum absolute atomic E-state index is 0.133. The number of nitrogens with one attached hydrogen (secondary N) is 1. The number of imide groups is 1. The van der Waals surface area contributed by atoms with Crippen LogP contribution in [0.3, 0.4) is 0 Å². The number of carbonyl (C=O) groups is 3. The van der Waals surface area contributed by atoms with Gasteiger partial charge in [-0.25, -0.2) is 9.69 Å². The molecule has 202 valence electrons. The van der Waals surface area contributed by atoms with Crippen LogP contribution in [0.25, 0.3) is 0 Å². The second-order valence-electron chi connectivity index (χ2n) is 9.77. The number of hydrogen-bond acceptors (Lipinski definition) is 5. The number of amides is 4. The van der Waals surface area contributed by atoms with Gasteiger partial charge in [-0.1, -0.05) is 63.9 Å². The van der Waals surface area contributed by atoms with Gasteiger partial charge in [0.1, 0.15) is 6.61 Å². The van der Waals surface area contributed by atoms with Crippen molar-refractivity contribution in [2.45, 2.75) is 79.5 Å². The third-order valence-corrected chi connectivity index (χ3v) is 7.58. The number of aryl methyl sites for hydroxylation is 1. The second kappa shape index (κ2) is 13.7. The van der Waals surface area contributed by atoms with Crippen molar-refractivity contribution >= 4 is 17.8 Å². The lowest BCUT2D eigenvalue weighted by Crippen LogP contribution is -2.72. The van der Waals surface area contributed by atoms with E-state index >= 15 is 0 Å². The first kappa shape index (κ1) is 29.8. The molecule has 1 aliphatic heterocycles. The van der Waals surface area contributed by atoms with Gasteiger partial charge in [0, 0.05) is 19.6 Å². The fourth-order valence-corrected chi connectivity index (χ4v) is 4.75. The number of β-lactam (4-membered cyclic amide) rings is 1. The van der Waals surface area contributed by atoms with E-state index in [1.54, 1.807) is 4.90 Å². The summed E-state index contributed by atoms with van der Waals surface area (Å²) < 4.78 is 6.06. The van der Waals surface area contributed by atoms with E-state index in [4.69, 9.17) is 4.74 Å². The Hall–Kier alpha value is -2.45. The van der Waals surface area contributed by atoms with Gasteiger partial charge in [0.15, 0.2) is 6.23 Å². The van der Waals surface area contributed by atoms with Crippen molar-refractivity contribution in [2.75, 3.05) is 39.8 Å². The molecule has 36 heavy (non-hydrogen) atoms. The van der Waals surface area contributed by atoms with Crippen molar-refractivity contribution in [1.82, 2.24) is 20.0 Å². The Kier molecular flexibility index (Phi) is 11.4. The van der Waals surface area contributed by atoms with Crippen LogP contribution in [0, 0.1) is 12.3 Å². The highest BCUT2D eigenvalue weighted by Gasteiger charge is 2.62. The van der Waals surface area contributed by atoms with Gasteiger partial charge < -0.3 is 19.9 Å². The first-order valence-corrected chi connectivity index (χ1v) is 13.5. The summed E-state index contributed by atoms with van der Waals surface area (Å²) in [5.74, 6) is -0.371. The number of benzene rings is 1. The molecule has 2 atom stereocenters. The molecule has 4 amide bonds. The molecule has 2 unspecified atom stereocenters. The van der Waals surface area contributed by atoms with E-state index in [-0.39, 0.29) is 24.5 Å². The van der Waals surface area contributed by atoms with Gasteiger partial charge in [0.05, 0.1) is 11.5 Å². The molecule has 1 aromatic rings. The molecule has 1 fully saturated rings. The molecule has 0 radical (unpaired) electrons. The highest BCUT2D eigenvalue weighted by Crippen LogP contribution is 2.46. The quantitative estimate of drug-likeness (QED) is 0.383. The average Bonchev–Trinajstić information content (AvgIpc) is 2.87. The van der Waals surface area contributed by atoms with E-state index in [9.17, 15) is 14.4 Å². The predicted octanol–water partition coefficient (Wildman–Crippen LogP) is 4.34. The number of rotatable bonds is 14. The summed E-state index contributed by atoms with van der Waals surface area (Å²) in [7, 11) is 2.02. The molecule has 1 saturated heterocycles. The molecule has 1 heterocycles. The van der Waals surface area contributed by atoms with Gasteiger partial charge >= 0.3 is 6.03 Å². The zero-order valence-electron chi connectivity index (χ0n) is 23.3. The minimum Gasteiger partial charge on any atom is -0.347 e. The van der Waals surface area contributed by atoms with Gasteiger partial charge in [0.25, 0.3) is 0 Å². The molecule has 1 N–H and O–H groups in total. The standard InChI is InChI=1S/C28H46N4O4/c1-8-13-23(22-16-14-21(6)15-17-22)29-27(35)32-25(34)28(9-2,10-3)26(32)36-20-24(33)31(12-5)19-18-30(7)11-4/h14-17,23,26H,8-13,18-20H2,1-7H3,(H,29,35). The summed E-state index contributed by atoms with van der Waals surface area (Å²) in [6.07, 6.45) is 1.96. The number of nitrogens with zero attached hydrogens (tertiary/aromatic N) is 3. The lowest BCUT2D eigenvalue weighted by atomic mass is 9.72. The summed E-state index contributed by atoms with van der Waals surface area (Å²) in [5.41, 5.74) is 1.36. The largest absolute Gasteiger partial charge is 0.347 e. The summed E-state index contributed by atoms with van der Waals surface area (Å²) in [5, 5.41) is 3.05. The first-order valence-electron chi connectivity index (χ1n) is 13.5. The van der Waals surface area contributed by atoms with Crippen molar-refractivity contribution < 1.29 is 19.1 Å². The maximum absolute atomic E-state index is 13.3. The molecule has 1 aromatic carbocycles. The van der Waals surface area contributed by atoms with E-state index in [1.165, 1.54) is 4.90 Å². The Morgan fingerprint density at radius 1 is 1.06 bits per heavy atom. The van der Waals surface area contributed by atoms with E-state index < -0.39 is 17.7 Å². The highest BCUT2D eigenvalue weighted by molar-refractivity contribution is 6.03. The summed E-state index contributed by atoms with van der Waals surface area (Å²) in [6.45, 7) is 14.7. The van der Waals surface area contributed by atoms with Crippen molar-refractivity contribution in [2.24, 2.45) is 5.41 Å². The number of hydrogen-bond donors (Lipinski definition) is 1. The maximum Gasteiger partial charge on any atom is 0.326 e. The van der Waals surface area contributed by atoms with Crippen LogP contribution in [0.2, 0.25) is 0 Å². The third-order valence-electron chi connectivity index (χ3n) is 7.58. The normalized spacial score (nSPS) is 17.6. The van der Waals surface area contributed by atoms with Crippen LogP contribution in [-0.4, -0.2) is 78.6 Å². The van der Waals surface area contributed by atoms with Gasteiger partial charge in [-0.15, -0.1) is 0 Å². The Bertz CT molecular complexity index is 869. The topological polar surface area (TPSA) is 82.2 Å². The lowest BCUT2D eigenvalue weighted by molar-refractivity contribution is -0.212. The van der Waals surface area contributed by atoms with Crippen LogP contribution >= 0.6 is 0 Å². The summed E-state index contributed by atoms with van der Waals surface area (Å²) in [6, 6.07) is 7.39. The summed E-state index contributed by atoms with van der Waals surface area (Å²) >= 11 is 0. The van der Waals surface area contributed by atoms with Crippen LogP contribution < -0.4 is 5.32 Å². The molecule has 0 aliphatic carbocycles. The fourth-order valence-electron chi connectivity index (χ4n) is 4.75. The van der Waals surface area contributed by atoms with Gasteiger partial charge in [0.2, 0.25) is 11.8 Å². The van der Waals surface area contributed by atoms with Crippen molar-refractivity contribution in [3.8, 4) is 0 Å². The van der Waals surface area contributed by atoms with Crippen LogP contribution in [-0.2, 0) is 14.3 Å².